The van der Waals surface area contributed by atoms with Crippen LogP contribution in [0.4, 0.5) is 5.69 Å². The zero-order valence-corrected chi connectivity index (χ0v) is 26.8. The van der Waals surface area contributed by atoms with Crippen molar-refractivity contribution in [1.29, 1.82) is 0 Å². The quantitative estimate of drug-likeness (QED) is 0.265. The van der Waals surface area contributed by atoms with Crippen molar-refractivity contribution in [3.8, 4) is 28.3 Å². The standard InChI is InChI=1S/C34H35ClN6O5/c1-18-21(7-6-10-25(18)38-31(43)24-17-40(2)34(45)41(3)33(24)44)22-8-5-9-23(30(22)35)27-15-19-11-13-26(29(19)32(39-27)46-4)36-16-20-12-14-28(42)37-20/h5-10,15,17,20,26,36H,11-14,16H2,1-4H3,(H,37,42)(H,38,43)/t20-,26+/m0/s1. The topological polar surface area (TPSA) is 136 Å². The van der Waals surface area contributed by atoms with Gasteiger partial charge in [-0.3, -0.25) is 19.0 Å². The van der Waals surface area contributed by atoms with E-state index in [1.807, 2.05) is 31.2 Å². The van der Waals surface area contributed by atoms with Crippen LogP contribution < -0.4 is 31.9 Å². The Morgan fingerprint density at radius 2 is 1.80 bits per heavy atom. The van der Waals surface area contributed by atoms with E-state index < -0.39 is 17.2 Å². The van der Waals surface area contributed by atoms with Gasteiger partial charge in [-0.2, -0.15) is 0 Å². The second-order valence-electron chi connectivity index (χ2n) is 11.8. The Morgan fingerprint density at radius 1 is 1.07 bits per heavy atom. The third-order valence-corrected chi connectivity index (χ3v) is 9.29. The van der Waals surface area contributed by atoms with Crippen LogP contribution in [0.15, 0.2) is 58.3 Å². The summed E-state index contributed by atoms with van der Waals surface area (Å²) < 4.78 is 7.88. The highest BCUT2D eigenvalue weighted by molar-refractivity contribution is 6.36. The van der Waals surface area contributed by atoms with Crippen molar-refractivity contribution in [2.24, 2.45) is 14.1 Å². The maximum absolute atomic E-state index is 13.1. The molecule has 1 fully saturated rings. The van der Waals surface area contributed by atoms with Crippen molar-refractivity contribution in [1.82, 2.24) is 24.8 Å². The molecule has 0 saturated carbocycles. The summed E-state index contributed by atoms with van der Waals surface area (Å²) in [6, 6.07) is 13.5. The number of anilines is 1. The highest BCUT2D eigenvalue weighted by Gasteiger charge is 2.30. The number of halogens is 1. The molecule has 3 N–H and O–H groups in total. The minimum atomic E-state index is -0.674. The van der Waals surface area contributed by atoms with Gasteiger partial charge in [0.1, 0.15) is 5.56 Å². The Morgan fingerprint density at radius 3 is 2.54 bits per heavy atom. The van der Waals surface area contributed by atoms with Gasteiger partial charge in [-0.15, -0.1) is 0 Å². The van der Waals surface area contributed by atoms with Gasteiger partial charge in [0.25, 0.3) is 11.5 Å². The second kappa shape index (κ2) is 12.6. The summed E-state index contributed by atoms with van der Waals surface area (Å²) in [6.07, 6.45) is 4.39. The number of aromatic nitrogens is 3. The molecule has 1 saturated heterocycles. The van der Waals surface area contributed by atoms with E-state index >= 15 is 0 Å². The number of fused-ring (bicyclic) bond motifs is 1. The fourth-order valence-corrected chi connectivity index (χ4v) is 6.70. The highest BCUT2D eigenvalue weighted by Crippen LogP contribution is 2.43. The Bertz CT molecular complexity index is 2000. The smallest absolute Gasteiger partial charge is 0.330 e. The third-order valence-electron chi connectivity index (χ3n) is 8.89. The predicted octanol–water partition coefficient (Wildman–Crippen LogP) is 3.89. The lowest BCUT2D eigenvalue weighted by molar-refractivity contribution is -0.119. The number of hydrogen-bond acceptors (Lipinski definition) is 7. The molecule has 2 amide bonds. The van der Waals surface area contributed by atoms with Crippen molar-refractivity contribution < 1.29 is 14.3 Å². The molecule has 2 aliphatic rings. The number of benzene rings is 2. The number of carbonyl (C=O) groups is 2. The Kier molecular flexibility index (Phi) is 8.54. The van der Waals surface area contributed by atoms with Gasteiger partial charge in [-0.05, 0) is 55.0 Å². The number of aryl methyl sites for hydroxylation is 2. The van der Waals surface area contributed by atoms with E-state index in [4.69, 9.17) is 21.3 Å². The van der Waals surface area contributed by atoms with Crippen molar-refractivity contribution >= 4 is 29.1 Å². The van der Waals surface area contributed by atoms with Crippen LogP contribution >= 0.6 is 11.6 Å². The molecule has 0 spiro atoms. The Labute approximate surface area is 270 Å². The molecule has 0 radical (unpaired) electrons. The zero-order chi connectivity index (χ0) is 32.7. The summed E-state index contributed by atoms with van der Waals surface area (Å²) in [4.78, 5) is 54.4. The first-order valence-electron chi connectivity index (χ1n) is 15.1. The molecule has 11 nitrogen and oxygen atoms in total. The summed E-state index contributed by atoms with van der Waals surface area (Å²) in [5, 5.41) is 9.94. The first-order valence-corrected chi connectivity index (χ1v) is 15.5. The average Bonchev–Trinajstić information content (AvgIpc) is 3.66. The summed E-state index contributed by atoms with van der Waals surface area (Å²) in [7, 11) is 4.44. The molecule has 0 unspecified atom stereocenters. The summed E-state index contributed by atoms with van der Waals surface area (Å²) >= 11 is 7.09. The van der Waals surface area contributed by atoms with Gasteiger partial charge in [-0.25, -0.2) is 9.78 Å². The number of methoxy groups -OCH3 is 1. The van der Waals surface area contributed by atoms with Gasteiger partial charge in [0, 0.05) is 67.7 Å². The highest BCUT2D eigenvalue weighted by atomic mass is 35.5. The molecule has 3 heterocycles. The Hall–Kier alpha value is -4.74. The van der Waals surface area contributed by atoms with Crippen LogP contribution in [0.25, 0.3) is 22.4 Å². The van der Waals surface area contributed by atoms with Crippen LogP contribution in [0.1, 0.15) is 52.4 Å². The fraction of sp³-hybridized carbons (Fsp3) is 0.324. The first kappa shape index (κ1) is 31.3. The predicted molar refractivity (Wildman–Crippen MR) is 177 cm³/mol. The number of pyridine rings is 1. The zero-order valence-electron chi connectivity index (χ0n) is 26.1. The van der Waals surface area contributed by atoms with Crippen LogP contribution in [0.5, 0.6) is 5.88 Å². The first-order chi connectivity index (χ1) is 22.1. The van der Waals surface area contributed by atoms with Gasteiger partial charge in [0.2, 0.25) is 11.8 Å². The molecule has 12 heteroatoms. The van der Waals surface area contributed by atoms with Crippen LogP contribution in [0.3, 0.4) is 0 Å². The van der Waals surface area contributed by atoms with Crippen molar-refractivity contribution in [2.45, 2.75) is 44.7 Å². The summed E-state index contributed by atoms with van der Waals surface area (Å²) in [5.41, 5.74) is 5.09. The molecule has 1 aliphatic carbocycles. The van der Waals surface area contributed by atoms with Gasteiger partial charge < -0.3 is 25.3 Å². The van der Waals surface area contributed by atoms with E-state index in [1.165, 1.54) is 24.9 Å². The molecule has 1 aliphatic heterocycles. The molecule has 238 valence electrons. The van der Waals surface area contributed by atoms with Crippen LogP contribution in [-0.4, -0.2) is 45.6 Å². The lowest BCUT2D eigenvalue weighted by Crippen LogP contribution is -2.40. The van der Waals surface area contributed by atoms with Crippen LogP contribution in [0, 0.1) is 6.92 Å². The van der Waals surface area contributed by atoms with Gasteiger partial charge in [0.15, 0.2) is 0 Å². The maximum atomic E-state index is 13.1. The number of rotatable bonds is 8. The van der Waals surface area contributed by atoms with E-state index in [9.17, 15) is 19.2 Å². The number of carbonyl (C=O) groups excluding carboxylic acids is 2. The minimum absolute atomic E-state index is 0.0763. The second-order valence-corrected chi connectivity index (χ2v) is 12.2. The third kappa shape index (κ3) is 5.72. The van der Waals surface area contributed by atoms with Gasteiger partial charge >= 0.3 is 5.69 Å². The maximum Gasteiger partial charge on any atom is 0.330 e. The minimum Gasteiger partial charge on any atom is -0.481 e. The van der Waals surface area contributed by atoms with Crippen molar-refractivity contribution in [3.63, 3.8) is 0 Å². The van der Waals surface area contributed by atoms with Gasteiger partial charge in [0.05, 0.1) is 17.8 Å². The molecule has 6 rings (SSSR count). The Balaban J connectivity index is 1.29. The summed E-state index contributed by atoms with van der Waals surface area (Å²) in [6.45, 7) is 2.56. The van der Waals surface area contributed by atoms with E-state index in [-0.39, 0.29) is 23.6 Å². The van der Waals surface area contributed by atoms with E-state index in [1.54, 1.807) is 19.2 Å². The number of ether oxygens (including phenoxy) is 1. The molecule has 46 heavy (non-hydrogen) atoms. The monoisotopic (exact) mass is 642 g/mol. The SMILES string of the molecule is COc1nc(-c2cccc(-c3cccc(NC(=O)c4cn(C)c(=O)n(C)c4=O)c3C)c2Cl)cc2c1[C@H](NC[C@@H]1CCC(=O)N1)CC2. The number of amides is 2. The average molecular weight is 643 g/mol. The molecule has 0 bridgehead atoms. The van der Waals surface area contributed by atoms with Crippen LogP contribution in [-0.2, 0) is 25.3 Å². The molecule has 2 aromatic carbocycles. The molecule has 2 aromatic heterocycles. The number of nitrogens with one attached hydrogen (secondary N) is 3. The molecule has 4 aromatic rings. The molecular formula is C34H35ClN6O5. The number of nitrogens with zero attached hydrogens (tertiary/aromatic N) is 3. The molecular weight excluding hydrogens is 608 g/mol. The number of hydrogen-bond donors (Lipinski definition) is 3. The largest absolute Gasteiger partial charge is 0.481 e. The normalized spacial score (nSPS) is 17.1. The lowest BCUT2D eigenvalue weighted by Gasteiger charge is -2.20. The van der Waals surface area contributed by atoms with Crippen molar-refractivity contribution in [3.05, 3.63) is 96.8 Å². The van der Waals surface area contributed by atoms with E-state index in [0.29, 0.717) is 35.2 Å². The fourth-order valence-electron chi connectivity index (χ4n) is 6.37. The van der Waals surface area contributed by atoms with Crippen LogP contribution in [0.2, 0.25) is 5.02 Å². The summed E-state index contributed by atoms with van der Waals surface area (Å²) in [5.74, 6) is 0.0260. The lowest BCUT2D eigenvalue weighted by atomic mass is 9.96. The van der Waals surface area contributed by atoms with E-state index in [2.05, 4.69) is 22.0 Å². The van der Waals surface area contributed by atoms with Gasteiger partial charge in [-0.1, -0.05) is 41.9 Å². The molecule has 2 atom stereocenters. The van der Waals surface area contributed by atoms with Crippen molar-refractivity contribution in [2.75, 3.05) is 19.0 Å². The van der Waals surface area contributed by atoms with E-state index in [0.717, 1.165) is 57.2 Å².